The Bertz CT molecular complexity index is 2300. The summed E-state index contributed by atoms with van der Waals surface area (Å²) in [5.41, 5.74) is -2.32. The van der Waals surface area contributed by atoms with Crippen LogP contribution in [0.1, 0.15) is 113 Å². The van der Waals surface area contributed by atoms with Crippen LogP contribution in [0.25, 0.3) is 0 Å². The molecule has 4 saturated carbocycles. The van der Waals surface area contributed by atoms with Crippen molar-refractivity contribution in [3.05, 3.63) is 11.6 Å². The van der Waals surface area contributed by atoms with Crippen molar-refractivity contribution in [3.8, 4) is 0 Å². The zero-order valence-electron chi connectivity index (χ0n) is 46.6. The van der Waals surface area contributed by atoms with Crippen molar-refractivity contribution in [3.63, 3.8) is 0 Å². The van der Waals surface area contributed by atoms with Crippen LogP contribution in [0.4, 0.5) is 0 Å². The minimum Gasteiger partial charge on any atom is -0.479 e. The third-order valence-electron chi connectivity index (χ3n) is 21.1. The Kier molecular flexibility index (Phi) is 17.4. The van der Waals surface area contributed by atoms with Crippen LogP contribution < -0.4 is 0 Å². The van der Waals surface area contributed by atoms with Crippen LogP contribution in [0.2, 0.25) is 0 Å². The minimum atomic E-state index is -2.30. The van der Waals surface area contributed by atoms with E-state index < -0.39 is 177 Å². The molecule has 1 unspecified atom stereocenters. The molecule has 13 N–H and O–H groups in total. The molecule has 0 bridgehead atoms. The number of hydrogen-bond donors (Lipinski definition) is 13. The van der Waals surface area contributed by atoms with Gasteiger partial charge < -0.3 is 109 Å². The number of fused-ring (bicyclic) bond motifs is 7. The maximum Gasteiger partial charge on any atom is 0.335 e. The number of Topliss-reactive ketones (excluding diaryl/α,β-unsaturated/α-hetero) is 1. The predicted molar refractivity (Wildman–Crippen MR) is 269 cm³/mol. The molecule has 4 heterocycles. The first kappa shape index (κ1) is 62.1. The van der Waals surface area contributed by atoms with E-state index in [0.29, 0.717) is 38.5 Å². The second-order valence-corrected chi connectivity index (χ2v) is 26.5. The number of ketones is 1. The fourth-order valence-electron chi connectivity index (χ4n) is 16.3. The fraction of sp³-hybridized carbons (Fsp3) is 0.909. The van der Waals surface area contributed by atoms with Crippen molar-refractivity contribution in [1.82, 2.24) is 0 Å². The molecule has 9 rings (SSSR count). The van der Waals surface area contributed by atoms with Gasteiger partial charge in [-0.3, -0.25) is 9.59 Å². The van der Waals surface area contributed by atoms with Crippen LogP contribution in [0.15, 0.2) is 11.6 Å². The summed E-state index contributed by atoms with van der Waals surface area (Å²) in [5, 5.41) is 143. The van der Waals surface area contributed by atoms with Crippen molar-refractivity contribution >= 4 is 17.7 Å². The van der Waals surface area contributed by atoms with E-state index >= 15 is 0 Å². The van der Waals surface area contributed by atoms with Crippen LogP contribution in [-0.4, -0.2) is 238 Å². The maximum atomic E-state index is 14.3. The third kappa shape index (κ3) is 10.2. The van der Waals surface area contributed by atoms with Crippen LogP contribution in [0, 0.1) is 44.8 Å². The predicted octanol–water partition coefficient (Wildman–Crippen LogP) is -1.97. The van der Waals surface area contributed by atoms with Gasteiger partial charge in [-0.1, -0.05) is 60.1 Å². The average molecular weight is 1150 g/mol. The number of aliphatic hydroxyl groups is 12. The number of hydrogen-bond acceptors (Lipinski definition) is 24. The number of aliphatic carboxylic acids is 1. The normalized spacial score (nSPS) is 51.9. The summed E-state index contributed by atoms with van der Waals surface area (Å²) in [4.78, 5) is 39.6. The number of carbonyl (C=O) groups excluding carboxylic acids is 2. The Balaban J connectivity index is 1.06. The van der Waals surface area contributed by atoms with Gasteiger partial charge in [0.2, 0.25) is 0 Å². The summed E-state index contributed by atoms with van der Waals surface area (Å²) in [6.45, 7) is 13.5. The van der Waals surface area contributed by atoms with Gasteiger partial charge in [-0.15, -0.1) is 0 Å². The summed E-state index contributed by atoms with van der Waals surface area (Å²) in [7, 11) is 0. The Hall–Kier alpha value is -2.45. The van der Waals surface area contributed by atoms with Gasteiger partial charge in [-0.25, -0.2) is 4.79 Å². The van der Waals surface area contributed by atoms with Crippen LogP contribution in [0.5, 0.6) is 0 Å². The number of aliphatic hydroxyl groups excluding tert-OH is 11. The largest absolute Gasteiger partial charge is 0.479 e. The number of ether oxygens (including phenoxy) is 9. The van der Waals surface area contributed by atoms with Gasteiger partial charge in [-0.05, 0) is 84.9 Å². The molecule has 4 saturated heterocycles. The van der Waals surface area contributed by atoms with E-state index in [0.717, 1.165) is 19.8 Å². The number of allylic oxidation sites excluding steroid dienone is 1. The molecule has 8 fully saturated rings. The fourth-order valence-corrected chi connectivity index (χ4v) is 16.3. The van der Waals surface area contributed by atoms with Gasteiger partial charge >= 0.3 is 11.9 Å². The minimum absolute atomic E-state index is 0.0612. The van der Waals surface area contributed by atoms with Gasteiger partial charge in [0.05, 0.1) is 25.9 Å². The first-order valence-corrected chi connectivity index (χ1v) is 28.2. The molecule has 456 valence electrons. The summed E-state index contributed by atoms with van der Waals surface area (Å²) in [6.07, 6.45) is -32.4. The molecular formula is C55H86O25. The monoisotopic (exact) mass is 1150 g/mol. The molecule has 0 aromatic heterocycles. The lowest BCUT2D eigenvalue weighted by molar-refractivity contribution is -0.407. The van der Waals surface area contributed by atoms with E-state index in [4.69, 9.17) is 42.6 Å². The molecule has 0 aromatic carbocycles. The van der Waals surface area contributed by atoms with Gasteiger partial charge in [0, 0.05) is 24.7 Å². The molecule has 0 radical (unpaired) electrons. The number of rotatable bonds is 13. The first-order valence-electron chi connectivity index (χ1n) is 28.2. The highest BCUT2D eigenvalue weighted by molar-refractivity contribution is 5.91. The Labute approximate surface area is 464 Å². The molecule has 9 aliphatic rings. The van der Waals surface area contributed by atoms with Crippen molar-refractivity contribution in [1.29, 1.82) is 0 Å². The quantitative estimate of drug-likeness (QED) is 0.0541. The van der Waals surface area contributed by atoms with Crippen molar-refractivity contribution in [2.45, 2.75) is 248 Å². The molecule has 25 heteroatoms. The first-order chi connectivity index (χ1) is 37.3. The zero-order chi connectivity index (χ0) is 58.7. The maximum absolute atomic E-state index is 14.3. The van der Waals surface area contributed by atoms with Gasteiger partial charge in [-0.2, -0.15) is 0 Å². The molecule has 80 heavy (non-hydrogen) atoms. The van der Waals surface area contributed by atoms with E-state index in [9.17, 15) is 80.8 Å². The molecular weight excluding hydrogens is 1060 g/mol. The Morgan fingerprint density at radius 3 is 1.76 bits per heavy atom. The lowest BCUT2D eigenvalue weighted by Gasteiger charge is -2.71. The number of carboxylic acid groups (broad SMARTS) is 1. The average Bonchev–Trinajstić information content (AvgIpc) is 3.40. The van der Waals surface area contributed by atoms with E-state index in [1.165, 1.54) is 5.57 Å². The van der Waals surface area contributed by atoms with Crippen molar-refractivity contribution in [2.75, 3.05) is 19.8 Å². The van der Waals surface area contributed by atoms with Crippen LogP contribution in [-0.2, 0) is 57.0 Å². The highest BCUT2D eigenvalue weighted by Crippen LogP contribution is 2.74. The Morgan fingerprint density at radius 1 is 0.600 bits per heavy atom. The lowest BCUT2D eigenvalue weighted by Crippen LogP contribution is -2.69. The standard InChI is InChI=1S/C55H86O25/c1-22(59)72-40-27(21-58)75-47(38(67)36(40)65)80-44-41(77-48-43(35(64)33(62)26(20-57)74-48)79-46-37(66)34(63)32(61)25(19-56)73-46)39(68)42(45(69)70)78-49(44)76-31-12-13-52(6)28(51(31,4)5)11-14-53(7)29(52)10-9-23-24-17-50(2,3)15-16-55(24,71)30(60)18-54(23,53)8/h9,24-29,31-44,46-49,56-58,61-68,71H,10-21H2,1-8H3,(H,69,70)/t24-,25+,26+,27-,28?,29+,31-,32+,33-,34-,35-,36-,37+,38-,39-,40+,41-,42-,43+,44+,46-,47+,48-,49+,52-,53+,54+,55+/m0/s1. The Morgan fingerprint density at radius 2 is 1.15 bits per heavy atom. The molecule has 4 aliphatic heterocycles. The molecule has 0 amide bonds. The third-order valence-corrected chi connectivity index (χ3v) is 21.1. The second kappa shape index (κ2) is 22.4. The summed E-state index contributed by atoms with van der Waals surface area (Å²) in [5.74, 6) is -3.03. The van der Waals surface area contributed by atoms with E-state index in [1.54, 1.807) is 0 Å². The smallest absolute Gasteiger partial charge is 0.335 e. The molecule has 5 aliphatic carbocycles. The van der Waals surface area contributed by atoms with E-state index in [2.05, 4.69) is 40.7 Å². The molecule has 0 aromatic rings. The van der Waals surface area contributed by atoms with Crippen molar-refractivity contribution < 1.29 is 123 Å². The summed E-state index contributed by atoms with van der Waals surface area (Å²) < 4.78 is 54.3. The van der Waals surface area contributed by atoms with E-state index in [1.807, 2.05) is 13.8 Å². The van der Waals surface area contributed by atoms with E-state index in [-0.39, 0.29) is 46.2 Å². The second-order valence-electron chi connectivity index (χ2n) is 26.5. The molecule has 25 nitrogen and oxygen atoms in total. The zero-order valence-corrected chi connectivity index (χ0v) is 46.6. The number of carboxylic acids is 1. The van der Waals surface area contributed by atoms with Gasteiger partial charge in [0.25, 0.3) is 0 Å². The highest BCUT2D eigenvalue weighted by Gasteiger charge is 2.71. The van der Waals surface area contributed by atoms with Crippen LogP contribution >= 0.6 is 0 Å². The van der Waals surface area contributed by atoms with Gasteiger partial charge in [0.15, 0.2) is 43.2 Å². The lowest BCUT2D eigenvalue weighted by atomic mass is 9.34. The van der Waals surface area contributed by atoms with Gasteiger partial charge in [0.1, 0.15) is 91.1 Å². The molecule has 28 atom stereocenters. The summed E-state index contributed by atoms with van der Waals surface area (Å²) >= 11 is 0. The number of carbonyl (C=O) groups is 3. The van der Waals surface area contributed by atoms with Crippen molar-refractivity contribution in [2.24, 2.45) is 44.8 Å². The van der Waals surface area contributed by atoms with Crippen LogP contribution in [0.3, 0.4) is 0 Å². The SMILES string of the molecule is CC(=O)O[C@H]1[C@@H](O)[C@H](O)[C@@H](O[C@H]2[C@H](O[C@H]3CC[C@@]4(C)C(CC[C@]5(C)[C@@H]4CC=C4[C@@H]6CC(C)(C)CC[C@]6(O)C(=O)C[C@]45C)C3(C)C)O[C@H](C(=O)O)[C@@H](O)[C@@H]2O[C@@H]2O[C@H](CO)[C@H](O)[C@H](O)[C@H]2O[C@@H]2O[C@H](CO)[C@@H](O)[C@H](O)[C@H]2O)O[C@H]1CO. The topological polar surface area (TPSA) is 397 Å². The molecule has 0 spiro atoms. The number of esters is 1. The summed E-state index contributed by atoms with van der Waals surface area (Å²) in [6, 6.07) is 0. The highest BCUT2D eigenvalue weighted by atomic mass is 16.8.